The van der Waals surface area contributed by atoms with Crippen LogP contribution in [0.3, 0.4) is 0 Å². The molecule has 2 aromatic carbocycles. The van der Waals surface area contributed by atoms with Crippen molar-refractivity contribution in [1.29, 1.82) is 0 Å². The second kappa shape index (κ2) is 7.12. The molecule has 8 nitrogen and oxygen atoms in total. The summed E-state index contributed by atoms with van der Waals surface area (Å²) < 4.78 is 5.08. The fraction of sp³-hybridized carbons (Fsp3) is 0.0526. The number of rotatable bonds is 5. The topological polar surface area (TPSA) is 123 Å². The van der Waals surface area contributed by atoms with Gasteiger partial charge in [-0.1, -0.05) is 12.1 Å². The molecule has 3 aromatic rings. The third kappa shape index (κ3) is 3.54. The predicted octanol–water partition coefficient (Wildman–Crippen LogP) is 2.90. The van der Waals surface area contributed by atoms with E-state index in [1.54, 1.807) is 24.3 Å². The molecule has 0 radical (unpaired) electrons. The molecule has 3 rings (SSSR count). The number of hydrogen-bond donors (Lipinski definition) is 2. The van der Waals surface area contributed by atoms with Crippen LogP contribution in [-0.4, -0.2) is 27.9 Å². The number of carbonyl (C=O) groups is 1. The monoisotopic (exact) mass is 366 g/mol. The molecule has 0 aliphatic rings. The lowest BCUT2D eigenvalue weighted by Crippen LogP contribution is -2.12. The van der Waals surface area contributed by atoms with Crippen molar-refractivity contribution in [3.05, 3.63) is 86.3 Å². The number of H-pyrrole nitrogens is 1. The molecule has 0 amide bonds. The molecular formula is C19H14N2O6. The van der Waals surface area contributed by atoms with Crippen molar-refractivity contribution < 1.29 is 19.6 Å². The lowest BCUT2D eigenvalue weighted by atomic mass is 9.99. The van der Waals surface area contributed by atoms with E-state index in [0.717, 1.165) is 18.2 Å². The summed E-state index contributed by atoms with van der Waals surface area (Å²) in [4.78, 5) is 37.6. The largest absolute Gasteiger partial charge is 0.507 e. The number of phenols is 1. The Morgan fingerprint density at radius 1 is 1.15 bits per heavy atom. The van der Waals surface area contributed by atoms with Crippen molar-refractivity contribution in [2.24, 2.45) is 0 Å². The minimum Gasteiger partial charge on any atom is -0.507 e. The number of nitro groups is 1. The maximum absolute atomic E-state index is 12.7. The van der Waals surface area contributed by atoms with Gasteiger partial charge in [-0.3, -0.25) is 19.7 Å². The molecule has 0 saturated carbocycles. The third-order valence-corrected chi connectivity index (χ3v) is 4.00. The molecule has 0 aliphatic heterocycles. The lowest BCUT2D eigenvalue weighted by Gasteiger charge is -2.07. The Morgan fingerprint density at radius 2 is 1.85 bits per heavy atom. The first-order valence-electron chi connectivity index (χ1n) is 7.80. The van der Waals surface area contributed by atoms with Crippen LogP contribution in [0.5, 0.6) is 11.5 Å². The Kier molecular flexibility index (Phi) is 4.71. The quantitative estimate of drug-likeness (QED) is 0.407. The van der Waals surface area contributed by atoms with Gasteiger partial charge in [0.1, 0.15) is 11.5 Å². The van der Waals surface area contributed by atoms with Crippen molar-refractivity contribution >= 4 is 11.5 Å². The first kappa shape index (κ1) is 17.9. The van der Waals surface area contributed by atoms with Gasteiger partial charge in [-0.25, -0.2) is 0 Å². The standard InChI is InChI=1S/C19H14N2O6/c1-27-14-5-2-11(3-6-14)15-8-12(10-20-19(15)24)18(23)16-9-13(21(25)26)4-7-17(16)22/h2-10,22H,1H3,(H,20,24). The Bertz CT molecular complexity index is 1090. The van der Waals surface area contributed by atoms with Crippen molar-refractivity contribution in [2.45, 2.75) is 0 Å². The predicted molar refractivity (Wildman–Crippen MR) is 97.2 cm³/mol. The van der Waals surface area contributed by atoms with Gasteiger partial charge in [0.25, 0.3) is 11.2 Å². The first-order valence-corrected chi connectivity index (χ1v) is 7.80. The fourth-order valence-electron chi connectivity index (χ4n) is 2.57. The molecule has 0 fully saturated rings. The molecule has 0 unspecified atom stereocenters. The number of nitrogens with zero attached hydrogens (tertiary/aromatic N) is 1. The molecular weight excluding hydrogens is 352 g/mol. The van der Waals surface area contributed by atoms with Crippen molar-refractivity contribution in [3.8, 4) is 22.6 Å². The zero-order chi connectivity index (χ0) is 19.6. The molecule has 136 valence electrons. The Morgan fingerprint density at radius 3 is 2.48 bits per heavy atom. The number of phenolic OH excluding ortho intramolecular Hbond substituents is 1. The van der Waals surface area contributed by atoms with E-state index in [4.69, 9.17) is 4.74 Å². The van der Waals surface area contributed by atoms with Gasteiger partial charge in [-0.2, -0.15) is 0 Å². The number of aromatic amines is 1. The summed E-state index contributed by atoms with van der Waals surface area (Å²) in [7, 11) is 1.52. The highest BCUT2D eigenvalue weighted by atomic mass is 16.6. The highest BCUT2D eigenvalue weighted by molar-refractivity contribution is 6.11. The fourth-order valence-corrected chi connectivity index (χ4v) is 2.57. The Balaban J connectivity index is 2.05. The van der Waals surface area contributed by atoms with Crippen LogP contribution in [-0.2, 0) is 0 Å². The number of benzene rings is 2. The summed E-state index contributed by atoms with van der Waals surface area (Å²) in [6, 6.07) is 11.2. The normalized spacial score (nSPS) is 10.4. The summed E-state index contributed by atoms with van der Waals surface area (Å²) >= 11 is 0. The SMILES string of the molecule is COc1ccc(-c2cc(C(=O)c3cc([N+](=O)[O-])ccc3O)c[nH]c2=O)cc1. The molecule has 0 aliphatic carbocycles. The first-order chi connectivity index (χ1) is 12.9. The number of non-ortho nitro benzene ring substituents is 1. The number of pyridine rings is 1. The molecule has 0 atom stereocenters. The van der Waals surface area contributed by atoms with Gasteiger partial charge in [0.2, 0.25) is 0 Å². The molecule has 2 N–H and O–H groups in total. The lowest BCUT2D eigenvalue weighted by molar-refractivity contribution is -0.384. The molecule has 0 bridgehead atoms. The highest BCUT2D eigenvalue weighted by Crippen LogP contribution is 2.26. The van der Waals surface area contributed by atoms with Crippen LogP contribution in [0.25, 0.3) is 11.1 Å². The maximum atomic E-state index is 12.7. The highest BCUT2D eigenvalue weighted by Gasteiger charge is 2.19. The number of methoxy groups -OCH3 is 1. The smallest absolute Gasteiger partial charge is 0.270 e. The number of aromatic hydroxyl groups is 1. The van der Waals surface area contributed by atoms with Gasteiger partial charge in [-0.05, 0) is 29.8 Å². The number of carbonyl (C=O) groups excluding carboxylic acids is 1. The van der Waals surface area contributed by atoms with Gasteiger partial charge in [0, 0.05) is 29.5 Å². The van der Waals surface area contributed by atoms with Crippen molar-refractivity contribution in [1.82, 2.24) is 4.98 Å². The van der Waals surface area contributed by atoms with E-state index < -0.39 is 16.3 Å². The molecule has 1 aromatic heterocycles. The average molecular weight is 366 g/mol. The van der Waals surface area contributed by atoms with E-state index >= 15 is 0 Å². The number of aromatic nitrogens is 1. The second-order valence-electron chi connectivity index (χ2n) is 5.65. The van der Waals surface area contributed by atoms with Crippen molar-refractivity contribution in [3.63, 3.8) is 0 Å². The number of nitro benzene ring substituents is 1. The second-order valence-corrected chi connectivity index (χ2v) is 5.65. The summed E-state index contributed by atoms with van der Waals surface area (Å²) in [6.07, 6.45) is 1.20. The van der Waals surface area contributed by atoms with Crippen LogP contribution in [0, 0.1) is 10.1 Å². The summed E-state index contributed by atoms with van der Waals surface area (Å²) in [5.74, 6) is -0.422. The van der Waals surface area contributed by atoms with Gasteiger partial charge in [-0.15, -0.1) is 0 Å². The zero-order valence-electron chi connectivity index (χ0n) is 14.1. The molecule has 0 saturated heterocycles. The van der Waals surface area contributed by atoms with Gasteiger partial charge in [0.05, 0.1) is 17.6 Å². The van der Waals surface area contributed by atoms with Crippen LogP contribution in [0.4, 0.5) is 5.69 Å². The van der Waals surface area contributed by atoms with Gasteiger partial charge >= 0.3 is 0 Å². The van der Waals surface area contributed by atoms with Gasteiger partial charge < -0.3 is 14.8 Å². The Labute approximate surface area is 152 Å². The van der Waals surface area contributed by atoms with E-state index in [-0.39, 0.29) is 28.1 Å². The summed E-state index contributed by atoms with van der Waals surface area (Å²) in [5, 5.41) is 20.8. The van der Waals surface area contributed by atoms with Crippen LogP contribution in [0.1, 0.15) is 15.9 Å². The number of ether oxygens (including phenoxy) is 1. The van der Waals surface area contributed by atoms with Gasteiger partial charge in [0.15, 0.2) is 5.78 Å². The van der Waals surface area contributed by atoms with E-state index in [1.807, 2.05) is 0 Å². The molecule has 0 spiro atoms. The van der Waals surface area contributed by atoms with E-state index in [0.29, 0.717) is 11.3 Å². The minimum absolute atomic E-state index is 0.0798. The van der Waals surface area contributed by atoms with E-state index in [9.17, 15) is 24.8 Å². The molecule has 1 heterocycles. The zero-order valence-corrected chi connectivity index (χ0v) is 14.1. The van der Waals surface area contributed by atoms with Crippen molar-refractivity contribution in [2.75, 3.05) is 7.11 Å². The Hall–Kier alpha value is -3.94. The van der Waals surface area contributed by atoms with Crippen LogP contribution in [0.2, 0.25) is 0 Å². The number of ketones is 1. The number of hydrogen-bond acceptors (Lipinski definition) is 6. The van der Waals surface area contributed by atoms with E-state index in [2.05, 4.69) is 4.98 Å². The third-order valence-electron chi connectivity index (χ3n) is 4.00. The number of nitrogens with one attached hydrogen (secondary N) is 1. The van der Waals surface area contributed by atoms with Crippen LogP contribution in [0.15, 0.2) is 59.5 Å². The van der Waals surface area contributed by atoms with Crippen LogP contribution < -0.4 is 10.3 Å². The maximum Gasteiger partial charge on any atom is 0.270 e. The summed E-state index contributed by atoms with van der Waals surface area (Å²) in [5.41, 5.74) is -0.0625. The van der Waals surface area contributed by atoms with E-state index in [1.165, 1.54) is 19.4 Å². The minimum atomic E-state index is -0.661. The van der Waals surface area contributed by atoms with Crippen LogP contribution >= 0.6 is 0 Å². The molecule has 8 heteroatoms. The molecule has 27 heavy (non-hydrogen) atoms. The summed E-state index contributed by atoms with van der Waals surface area (Å²) in [6.45, 7) is 0. The average Bonchev–Trinajstić information content (AvgIpc) is 2.68.